The molecule has 2 rings (SSSR count). The van der Waals surface area contributed by atoms with Crippen molar-refractivity contribution in [3.05, 3.63) is 10.0 Å². The Hall–Kier alpha value is -0.520. The van der Waals surface area contributed by atoms with Gasteiger partial charge >= 0.3 is 0 Å². The summed E-state index contributed by atoms with van der Waals surface area (Å²) in [6.45, 7) is 7.19. The van der Waals surface area contributed by atoms with Crippen LogP contribution in [0.3, 0.4) is 0 Å². The zero-order chi connectivity index (χ0) is 12.1. The lowest BCUT2D eigenvalue weighted by atomic mass is 10.1. The van der Waals surface area contributed by atoms with Crippen molar-refractivity contribution in [2.45, 2.75) is 45.1 Å². The fourth-order valence-corrected chi connectivity index (χ4v) is 2.96. The Morgan fingerprint density at radius 2 is 2.29 bits per heavy atom. The molecule has 2 atom stereocenters. The highest BCUT2D eigenvalue weighted by Gasteiger charge is 2.26. The van der Waals surface area contributed by atoms with Gasteiger partial charge in [0, 0.05) is 18.9 Å². The molecule has 1 fully saturated rings. The summed E-state index contributed by atoms with van der Waals surface area (Å²) in [5, 5.41) is 14.2. The Labute approximate surface area is 107 Å². The van der Waals surface area contributed by atoms with Crippen LogP contribution in [0.2, 0.25) is 0 Å². The van der Waals surface area contributed by atoms with Gasteiger partial charge in [0.15, 0.2) is 0 Å². The predicted octanol–water partition coefficient (Wildman–Crippen LogP) is 1.97. The first kappa shape index (κ1) is 12.9. The predicted molar refractivity (Wildman–Crippen MR) is 69.5 cm³/mol. The summed E-state index contributed by atoms with van der Waals surface area (Å²) in [6.07, 6.45) is 3.63. The largest absolute Gasteiger partial charge is 0.378 e. The van der Waals surface area contributed by atoms with E-state index in [1.807, 2.05) is 0 Å². The summed E-state index contributed by atoms with van der Waals surface area (Å²) in [7, 11) is 0. The van der Waals surface area contributed by atoms with E-state index in [1.165, 1.54) is 6.42 Å². The molecule has 4 nitrogen and oxygen atoms in total. The first-order valence-corrected chi connectivity index (χ1v) is 7.25. The molecule has 5 heteroatoms. The van der Waals surface area contributed by atoms with Crippen LogP contribution in [0.25, 0.3) is 0 Å². The minimum absolute atomic E-state index is 0.374. The first-order valence-electron chi connectivity index (χ1n) is 6.44. The van der Waals surface area contributed by atoms with E-state index >= 15 is 0 Å². The normalized spacial score (nSPS) is 24.4. The zero-order valence-corrected chi connectivity index (χ0v) is 11.4. The Kier molecular flexibility index (Phi) is 4.88. The number of aromatic nitrogens is 2. The molecule has 1 aromatic heterocycles. The fraction of sp³-hybridized carbons (Fsp3) is 0.833. The molecule has 1 aromatic rings. The first-order chi connectivity index (χ1) is 8.29. The number of nitrogens with one attached hydrogen (secondary N) is 1. The van der Waals surface area contributed by atoms with Crippen molar-refractivity contribution in [1.82, 2.24) is 15.5 Å². The van der Waals surface area contributed by atoms with Crippen LogP contribution < -0.4 is 5.32 Å². The molecule has 0 aromatic carbocycles. The van der Waals surface area contributed by atoms with E-state index in [9.17, 15) is 0 Å². The third-order valence-electron chi connectivity index (χ3n) is 2.97. The van der Waals surface area contributed by atoms with E-state index in [1.54, 1.807) is 11.3 Å². The van der Waals surface area contributed by atoms with E-state index in [0.717, 1.165) is 42.6 Å². The van der Waals surface area contributed by atoms with Crippen LogP contribution in [0.5, 0.6) is 0 Å². The maximum absolute atomic E-state index is 5.57. The molecule has 0 aliphatic carbocycles. The van der Waals surface area contributed by atoms with Gasteiger partial charge in [-0.3, -0.25) is 0 Å². The molecule has 1 aliphatic heterocycles. The average molecular weight is 255 g/mol. The minimum Gasteiger partial charge on any atom is -0.378 e. The van der Waals surface area contributed by atoms with Gasteiger partial charge < -0.3 is 10.1 Å². The van der Waals surface area contributed by atoms with Crippen molar-refractivity contribution in [1.29, 1.82) is 0 Å². The van der Waals surface area contributed by atoms with E-state index in [4.69, 9.17) is 4.74 Å². The summed E-state index contributed by atoms with van der Waals surface area (Å²) in [5.41, 5.74) is 0. The highest BCUT2D eigenvalue weighted by molar-refractivity contribution is 7.11. The SMILES string of the molecule is CCCNCCc1nnc(C2COC(C)C2)s1. The molecule has 1 N–H and O–H groups in total. The van der Waals surface area contributed by atoms with E-state index < -0.39 is 0 Å². The van der Waals surface area contributed by atoms with Gasteiger partial charge in [-0.15, -0.1) is 21.5 Å². The quantitative estimate of drug-likeness (QED) is 0.790. The van der Waals surface area contributed by atoms with Crippen molar-refractivity contribution in [2.75, 3.05) is 19.7 Å². The highest BCUT2D eigenvalue weighted by atomic mass is 32.1. The molecule has 0 saturated carbocycles. The molecule has 1 saturated heterocycles. The monoisotopic (exact) mass is 255 g/mol. The van der Waals surface area contributed by atoms with Gasteiger partial charge in [-0.25, -0.2) is 0 Å². The zero-order valence-electron chi connectivity index (χ0n) is 10.6. The molecule has 0 bridgehead atoms. The molecule has 96 valence electrons. The van der Waals surface area contributed by atoms with Crippen LogP contribution in [0.15, 0.2) is 0 Å². The Morgan fingerprint density at radius 3 is 3.00 bits per heavy atom. The van der Waals surface area contributed by atoms with E-state index in [0.29, 0.717) is 12.0 Å². The van der Waals surface area contributed by atoms with Crippen LogP contribution >= 0.6 is 11.3 Å². The van der Waals surface area contributed by atoms with E-state index in [-0.39, 0.29) is 0 Å². The van der Waals surface area contributed by atoms with Gasteiger partial charge in [-0.2, -0.15) is 0 Å². The van der Waals surface area contributed by atoms with Gasteiger partial charge in [-0.05, 0) is 26.3 Å². The number of ether oxygens (including phenoxy) is 1. The number of hydrogen-bond donors (Lipinski definition) is 1. The van der Waals surface area contributed by atoms with Gasteiger partial charge in [0.05, 0.1) is 12.7 Å². The number of nitrogens with zero attached hydrogens (tertiary/aromatic N) is 2. The number of rotatable bonds is 6. The second-order valence-electron chi connectivity index (χ2n) is 4.61. The lowest BCUT2D eigenvalue weighted by Gasteiger charge is -2.00. The number of hydrogen-bond acceptors (Lipinski definition) is 5. The average Bonchev–Trinajstić information content (AvgIpc) is 2.93. The summed E-state index contributed by atoms with van der Waals surface area (Å²) in [4.78, 5) is 0. The minimum atomic E-state index is 0.374. The summed E-state index contributed by atoms with van der Waals surface area (Å²) >= 11 is 1.75. The maximum Gasteiger partial charge on any atom is 0.122 e. The third kappa shape index (κ3) is 3.72. The van der Waals surface area contributed by atoms with Gasteiger partial charge in [0.2, 0.25) is 0 Å². The summed E-state index contributed by atoms with van der Waals surface area (Å²) in [5.74, 6) is 0.472. The van der Waals surface area contributed by atoms with E-state index in [2.05, 4.69) is 29.4 Å². The Balaban J connectivity index is 1.79. The lowest BCUT2D eigenvalue weighted by Crippen LogP contribution is -2.17. The van der Waals surface area contributed by atoms with Gasteiger partial charge in [0.1, 0.15) is 10.0 Å². The molecule has 0 amide bonds. The van der Waals surface area contributed by atoms with Gasteiger partial charge in [0.25, 0.3) is 0 Å². The second kappa shape index (κ2) is 6.42. The van der Waals surface area contributed by atoms with Crippen LogP contribution in [0.4, 0.5) is 0 Å². The molecule has 2 unspecified atom stereocenters. The Bertz CT molecular complexity index is 342. The summed E-state index contributed by atoms with van der Waals surface area (Å²) in [6, 6.07) is 0. The molecule has 0 spiro atoms. The molecular weight excluding hydrogens is 234 g/mol. The molecule has 17 heavy (non-hydrogen) atoms. The Morgan fingerprint density at radius 1 is 1.41 bits per heavy atom. The van der Waals surface area contributed by atoms with Crippen LogP contribution in [-0.2, 0) is 11.2 Å². The third-order valence-corrected chi connectivity index (χ3v) is 4.12. The van der Waals surface area contributed by atoms with Crippen LogP contribution in [0.1, 0.15) is 42.6 Å². The topological polar surface area (TPSA) is 47.0 Å². The lowest BCUT2D eigenvalue weighted by molar-refractivity contribution is 0.123. The highest BCUT2D eigenvalue weighted by Crippen LogP contribution is 2.30. The second-order valence-corrected chi connectivity index (χ2v) is 5.70. The maximum atomic E-state index is 5.57. The van der Waals surface area contributed by atoms with Gasteiger partial charge in [-0.1, -0.05) is 6.92 Å². The van der Waals surface area contributed by atoms with Crippen LogP contribution in [-0.4, -0.2) is 36.0 Å². The van der Waals surface area contributed by atoms with Crippen molar-refractivity contribution in [3.63, 3.8) is 0 Å². The molecule has 0 radical (unpaired) electrons. The molecule has 1 aliphatic rings. The van der Waals surface area contributed by atoms with Crippen LogP contribution in [0, 0.1) is 0 Å². The van der Waals surface area contributed by atoms with Crippen molar-refractivity contribution in [3.8, 4) is 0 Å². The van der Waals surface area contributed by atoms with Crippen molar-refractivity contribution in [2.24, 2.45) is 0 Å². The van der Waals surface area contributed by atoms with Crippen molar-refractivity contribution >= 4 is 11.3 Å². The standard InChI is InChI=1S/C12H21N3OS/c1-3-5-13-6-4-11-14-15-12(17-11)10-7-9(2)16-8-10/h9-10,13H,3-8H2,1-2H3. The summed E-state index contributed by atoms with van der Waals surface area (Å²) < 4.78 is 5.57. The molecule has 2 heterocycles. The molecular formula is C12H21N3OS. The smallest absolute Gasteiger partial charge is 0.122 e. The van der Waals surface area contributed by atoms with Crippen molar-refractivity contribution < 1.29 is 4.74 Å². The fourth-order valence-electron chi connectivity index (χ4n) is 2.02.